The maximum Gasteiger partial charge on any atom is 0.345 e. The van der Waals surface area contributed by atoms with Gasteiger partial charge in [0, 0.05) is 24.0 Å². The second-order valence-electron chi connectivity index (χ2n) is 6.10. The molecule has 0 fully saturated rings. The third kappa shape index (κ3) is 4.02. The van der Waals surface area contributed by atoms with Gasteiger partial charge in [0.1, 0.15) is 0 Å². The Hall–Kier alpha value is -3.50. The third-order valence-corrected chi connectivity index (χ3v) is 4.12. The molecular weight excluding hydrogens is 352 g/mol. The molecule has 0 saturated carbocycles. The van der Waals surface area contributed by atoms with Gasteiger partial charge in [0.25, 0.3) is 5.91 Å². The number of carbonyl (C=O) groups is 1. The molecule has 3 rings (SSSR count). The highest BCUT2D eigenvalue weighted by atomic mass is 16.6. The molecule has 11 heteroatoms. The number of nitro groups is 1. The van der Waals surface area contributed by atoms with E-state index in [-0.39, 0.29) is 12.4 Å². The van der Waals surface area contributed by atoms with Gasteiger partial charge in [-0.15, -0.1) is 4.68 Å². The first-order valence-electron chi connectivity index (χ1n) is 8.39. The predicted molar refractivity (Wildman–Crippen MR) is 96.2 cm³/mol. The summed E-state index contributed by atoms with van der Waals surface area (Å²) in [5.41, 5.74) is 3.10. The third-order valence-electron chi connectivity index (χ3n) is 4.12. The number of rotatable bonds is 7. The summed E-state index contributed by atoms with van der Waals surface area (Å²) in [7, 11) is 0. The molecule has 0 spiro atoms. The van der Waals surface area contributed by atoms with Crippen LogP contribution in [-0.2, 0) is 24.4 Å². The van der Waals surface area contributed by atoms with E-state index in [0.29, 0.717) is 17.9 Å². The van der Waals surface area contributed by atoms with Crippen LogP contribution in [0.5, 0.6) is 0 Å². The molecule has 142 valence electrons. The number of carbonyl (C=O) groups excluding carboxylic acids is 1. The Labute approximate surface area is 154 Å². The Bertz CT molecular complexity index is 984. The summed E-state index contributed by atoms with van der Waals surface area (Å²) in [5, 5.41) is 26.2. The van der Waals surface area contributed by atoms with Crippen LogP contribution in [-0.4, -0.2) is 40.2 Å². The lowest BCUT2D eigenvalue weighted by molar-refractivity contribution is -0.392. The van der Waals surface area contributed by atoms with Crippen LogP contribution >= 0.6 is 0 Å². The molecular formula is C16H20N8O3. The van der Waals surface area contributed by atoms with Gasteiger partial charge < -0.3 is 15.4 Å². The van der Waals surface area contributed by atoms with E-state index < -0.39 is 10.8 Å². The second-order valence-corrected chi connectivity index (χ2v) is 6.10. The van der Waals surface area contributed by atoms with Crippen LogP contribution in [0.3, 0.4) is 0 Å². The van der Waals surface area contributed by atoms with Crippen LogP contribution in [0.2, 0.25) is 0 Å². The molecule has 0 aliphatic heterocycles. The molecule has 0 aliphatic rings. The fourth-order valence-electron chi connectivity index (χ4n) is 2.78. The lowest BCUT2D eigenvalue weighted by atomic mass is 10.2. The van der Waals surface area contributed by atoms with Crippen LogP contribution in [0.15, 0.2) is 24.7 Å². The molecule has 0 bridgehead atoms. The average molecular weight is 372 g/mol. The normalized spacial score (nSPS) is 10.9. The number of hydrogen-bond donors (Lipinski definition) is 1. The molecule has 3 aromatic heterocycles. The summed E-state index contributed by atoms with van der Waals surface area (Å²) in [4.78, 5) is 22.6. The summed E-state index contributed by atoms with van der Waals surface area (Å²) >= 11 is 0. The molecule has 0 aromatic carbocycles. The van der Waals surface area contributed by atoms with Gasteiger partial charge in [0.05, 0.1) is 36.4 Å². The molecule has 0 unspecified atom stereocenters. The van der Waals surface area contributed by atoms with Crippen molar-refractivity contribution in [2.45, 2.75) is 40.4 Å². The Balaban J connectivity index is 1.64. The molecule has 1 amide bonds. The second kappa shape index (κ2) is 7.40. The number of aromatic nitrogens is 6. The molecule has 0 atom stereocenters. The zero-order valence-electron chi connectivity index (χ0n) is 15.3. The maximum atomic E-state index is 12.2. The number of nitrogens with one attached hydrogen (secondary N) is 1. The van der Waals surface area contributed by atoms with Crippen molar-refractivity contribution in [1.29, 1.82) is 0 Å². The summed E-state index contributed by atoms with van der Waals surface area (Å²) in [6, 6.07) is 1.32. The van der Waals surface area contributed by atoms with Gasteiger partial charge in [-0.25, -0.2) is 0 Å². The maximum absolute atomic E-state index is 12.2. The lowest BCUT2D eigenvalue weighted by Crippen LogP contribution is -2.20. The highest BCUT2D eigenvalue weighted by Crippen LogP contribution is 2.14. The quantitative estimate of drug-likeness (QED) is 0.495. The van der Waals surface area contributed by atoms with E-state index in [0.717, 1.165) is 22.5 Å². The lowest BCUT2D eigenvalue weighted by Gasteiger charge is -2.03. The van der Waals surface area contributed by atoms with Gasteiger partial charge >= 0.3 is 5.82 Å². The van der Waals surface area contributed by atoms with Crippen LogP contribution in [0, 0.1) is 24.0 Å². The Morgan fingerprint density at radius 2 is 2.04 bits per heavy atom. The number of anilines is 1. The average Bonchev–Trinajstić information content (AvgIpc) is 3.28. The van der Waals surface area contributed by atoms with Gasteiger partial charge in [0.15, 0.2) is 6.54 Å². The zero-order valence-corrected chi connectivity index (χ0v) is 15.3. The van der Waals surface area contributed by atoms with Gasteiger partial charge in [-0.2, -0.15) is 10.2 Å². The van der Waals surface area contributed by atoms with Crippen molar-refractivity contribution < 1.29 is 9.72 Å². The van der Waals surface area contributed by atoms with E-state index in [2.05, 4.69) is 20.6 Å². The molecule has 3 aromatic rings. The van der Waals surface area contributed by atoms with Crippen LogP contribution < -0.4 is 5.32 Å². The fraction of sp³-hybridized carbons (Fsp3) is 0.375. The van der Waals surface area contributed by atoms with Crippen molar-refractivity contribution in [3.8, 4) is 0 Å². The van der Waals surface area contributed by atoms with Crippen molar-refractivity contribution in [2.75, 3.05) is 5.32 Å². The molecule has 3 heterocycles. The van der Waals surface area contributed by atoms with Crippen molar-refractivity contribution in [2.24, 2.45) is 0 Å². The van der Waals surface area contributed by atoms with Gasteiger partial charge in [-0.3, -0.25) is 14.2 Å². The highest BCUT2D eigenvalue weighted by Gasteiger charge is 2.19. The first-order valence-corrected chi connectivity index (χ1v) is 8.39. The molecule has 0 saturated heterocycles. The van der Waals surface area contributed by atoms with Crippen LogP contribution in [0.1, 0.15) is 23.9 Å². The van der Waals surface area contributed by atoms with Gasteiger partial charge in [0.2, 0.25) is 0 Å². The summed E-state index contributed by atoms with van der Waals surface area (Å²) in [6.45, 7) is 6.73. The first-order chi connectivity index (χ1) is 12.9. The molecule has 0 radical (unpaired) electrons. The predicted octanol–water partition coefficient (Wildman–Crippen LogP) is 1.51. The van der Waals surface area contributed by atoms with E-state index in [4.69, 9.17) is 0 Å². The zero-order chi connectivity index (χ0) is 19.6. The molecule has 0 aliphatic carbocycles. The monoisotopic (exact) mass is 372 g/mol. The van der Waals surface area contributed by atoms with Crippen molar-refractivity contribution >= 4 is 17.4 Å². The fourth-order valence-corrected chi connectivity index (χ4v) is 2.78. The standard InChI is InChI=1S/C16H20N8O3/c1-4-22-12(3)13(6-18-22)8-21-9-14(7-17-21)19-15(25)10-23-16(24(26)27)5-11(2)20-23/h5-7,9H,4,8,10H2,1-3H3,(H,19,25). The minimum Gasteiger partial charge on any atom is -0.358 e. The van der Waals surface area contributed by atoms with E-state index in [1.165, 1.54) is 12.3 Å². The van der Waals surface area contributed by atoms with Crippen LogP contribution in [0.4, 0.5) is 11.5 Å². The van der Waals surface area contributed by atoms with Crippen molar-refractivity contribution in [3.05, 3.63) is 51.7 Å². The number of aryl methyl sites for hydroxylation is 2. The van der Waals surface area contributed by atoms with Gasteiger partial charge in [-0.1, -0.05) is 5.10 Å². The van der Waals surface area contributed by atoms with E-state index in [1.807, 2.05) is 18.5 Å². The molecule has 27 heavy (non-hydrogen) atoms. The van der Waals surface area contributed by atoms with Crippen molar-refractivity contribution in [3.63, 3.8) is 0 Å². The number of amides is 1. The Kier molecular flexibility index (Phi) is 5.01. The van der Waals surface area contributed by atoms with E-state index >= 15 is 0 Å². The smallest absolute Gasteiger partial charge is 0.345 e. The highest BCUT2D eigenvalue weighted by molar-refractivity contribution is 5.90. The first kappa shape index (κ1) is 18.3. The number of hydrogen-bond acceptors (Lipinski definition) is 6. The topological polar surface area (TPSA) is 126 Å². The van der Waals surface area contributed by atoms with E-state index in [9.17, 15) is 14.9 Å². The minimum absolute atomic E-state index is 0.221. The Morgan fingerprint density at radius 3 is 2.70 bits per heavy atom. The Morgan fingerprint density at radius 1 is 1.26 bits per heavy atom. The minimum atomic E-state index is -0.565. The van der Waals surface area contributed by atoms with E-state index in [1.54, 1.807) is 24.0 Å². The summed E-state index contributed by atoms with van der Waals surface area (Å²) in [5.74, 6) is -0.641. The largest absolute Gasteiger partial charge is 0.358 e. The molecule has 1 N–H and O–H groups in total. The number of nitrogens with zero attached hydrogens (tertiary/aromatic N) is 7. The SMILES string of the molecule is CCn1ncc(Cn2cc(NC(=O)Cn3nc(C)cc3[N+](=O)[O-])cn2)c1C. The summed E-state index contributed by atoms with van der Waals surface area (Å²) < 4.78 is 4.66. The molecule has 11 nitrogen and oxygen atoms in total. The van der Waals surface area contributed by atoms with Gasteiger partial charge in [-0.05, 0) is 25.7 Å². The summed E-state index contributed by atoms with van der Waals surface area (Å²) in [6.07, 6.45) is 5.03. The van der Waals surface area contributed by atoms with Crippen molar-refractivity contribution in [1.82, 2.24) is 29.3 Å². The van der Waals surface area contributed by atoms with Crippen LogP contribution in [0.25, 0.3) is 0 Å².